The molecule has 6 N–H and O–H groups in total. The number of ether oxygens (including phenoxy) is 1. The summed E-state index contributed by atoms with van der Waals surface area (Å²) in [6.07, 6.45) is 4.65. The highest BCUT2D eigenvalue weighted by Gasteiger charge is 2.49. The van der Waals surface area contributed by atoms with Gasteiger partial charge < -0.3 is 25.7 Å². The van der Waals surface area contributed by atoms with E-state index >= 15 is 0 Å². The maximum Gasteiger partial charge on any atom is 0.330 e. The van der Waals surface area contributed by atoms with E-state index in [4.69, 9.17) is 10.5 Å². The van der Waals surface area contributed by atoms with E-state index in [1.807, 2.05) is 18.2 Å². The Hall–Kier alpha value is -2.05. The number of rotatable bonds is 16. The number of aliphatic hydroxyl groups is 2. The molecule has 3 unspecified atom stereocenters. The van der Waals surface area contributed by atoms with Gasteiger partial charge in [-0.05, 0) is 44.5 Å². The van der Waals surface area contributed by atoms with Gasteiger partial charge in [0.2, 0.25) is 10.0 Å². The summed E-state index contributed by atoms with van der Waals surface area (Å²) in [5.74, 6) is -1.68. The number of hydrogen-bond donors (Lipinski definition) is 5. The first-order chi connectivity index (χ1) is 16.6. The SMILES string of the molecule is CCCCCCCCc1ccc2nc(CC(O)C(O)C(N)(CS(=O)(=O)NC)C(=O)OCC)[nH]c2c1. The van der Waals surface area contributed by atoms with E-state index in [-0.39, 0.29) is 13.0 Å². The van der Waals surface area contributed by atoms with Crippen LogP contribution >= 0.6 is 0 Å². The first-order valence-corrected chi connectivity index (χ1v) is 13.9. The number of nitrogens with one attached hydrogen (secondary N) is 2. The molecule has 0 radical (unpaired) electrons. The smallest absolute Gasteiger partial charge is 0.330 e. The minimum atomic E-state index is -4.00. The summed E-state index contributed by atoms with van der Waals surface area (Å²) in [5, 5.41) is 21.4. The van der Waals surface area contributed by atoms with E-state index < -0.39 is 39.5 Å². The maximum atomic E-state index is 12.5. The van der Waals surface area contributed by atoms with Crippen molar-refractivity contribution >= 4 is 27.0 Å². The average molecular weight is 513 g/mol. The van der Waals surface area contributed by atoms with Crippen LogP contribution in [-0.2, 0) is 32.4 Å². The van der Waals surface area contributed by atoms with E-state index in [2.05, 4.69) is 21.6 Å². The molecule has 2 rings (SSSR count). The van der Waals surface area contributed by atoms with Gasteiger partial charge in [-0.1, -0.05) is 45.1 Å². The third-order valence-electron chi connectivity index (χ3n) is 6.10. The second-order valence-corrected chi connectivity index (χ2v) is 10.9. The van der Waals surface area contributed by atoms with Gasteiger partial charge in [-0.3, -0.25) is 0 Å². The van der Waals surface area contributed by atoms with Crippen LogP contribution in [0.2, 0.25) is 0 Å². The van der Waals surface area contributed by atoms with Crippen molar-refractivity contribution in [1.82, 2.24) is 14.7 Å². The Balaban J connectivity index is 2.10. The second-order valence-electron chi connectivity index (χ2n) is 8.99. The van der Waals surface area contributed by atoms with Crippen molar-refractivity contribution in [1.29, 1.82) is 0 Å². The minimum absolute atomic E-state index is 0.0646. The van der Waals surface area contributed by atoms with E-state index in [9.17, 15) is 23.4 Å². The van der Waals surface area contributed by atoms with Gasteiger partial charge in [0.25, 0.3) is 0 Å². The van der Waals surface area contributed by atoms with Gasteiger partial charge in [0.05, 0.1) is 29.5 Å². The Morgan fingerprint density at radius 3 is 2.54 bits per heavy atom. The molecule has 2 aromatic rings. The molecule has 3 atom stereocenters. The van der Waals surface area contributed by atoms with Crippen LogP contribution in [0.5, 0.6) is 0 Å². The number of aromatic nitrogens is 2. The van der Waals surface area contributed by atoms with E-state index in [0.29, 0.717) is 11.3 Å². The van der Waals surface area contributed by atoms with E-state index in [1.54, 1.807) is 0 Å². The predicted octanol–water partition coefficient (Wildman–Crippen LogP) is 1.54. The number of nitrogens with two attached hydrogens (primary N) is 1. The highest BCUT2D eigenvalue weighted by atomic mass is 32.2. The van der Waals surface area contributed by atoms with Crippen LogP contribution < -0.4 is 10.5 Å². The molecule has 0 aliphatic carbocycles. The number of nitrogens with zero attached hydrogens (tertiary/aromatic N) is 1. The van der Waals surface area contributed by atoms with E-state index in [1.165, 1.54) is 51.6 Å². The van der Waals surface area contributed by atoms with Crippen LogP contribution in [0.3, 0.4) is 0 Å². The Morgan fingerprint density at radius 1 is 1.20 bits per heavy atom. The summed E-state index contributed by atoms with van der Waals surface area (Å²) in [7, 11) is -2.84. The fourth-order valence-corrected chi connectivity index (χ4v) is 5.10. The third kappa shape index (κ3) is 8.25. The summed E-state index contributed by atoms with van der Waals surface area (Å²) >= 11 is 0. The Kier molecular flexibility index (Phi) is 11.1. The predicted molar refractivity (Wildman–Crippen MR) is 135 cm³/mol. The van der Waals surface area contributed by atoms with Gasteiger partial charge in [0.1, 0.15) is 11.9 Å². The lowest BCUT2D eigenvalue weighted by Crippen LogP contribution is -2.66. The summed E-state index contributed by atoms with van der Waals surface area (Å²) in [6.45, 7) is 3.67. The standard InChI is InChI=1S/C24H40N4O6S/c1-4-6-7-8-9-10-11-17-12-13-18-19(14-17)28-21(27-18)15-20(29)22(30)24(25,23(31)34-5-2)16-35(32,33)26-3/h12-14,20,22,26,29-30H,4-11,15-16,25H2,1-3H3,(H,27,28). The van der Waals surface area contributed by atoms with Crippen molar-refractivity contribution in [2.75, 3.05) is 19.4 Å². The van der Waals surface area contributed by atoms with Crippen molar-refractivity contribution in [3.63, 3.8) is 0 Å². The molecule has 0 bridgehead atoms. The number of aryl methyl sites for hydroxylation is 1. The molecule has 0 aliphatic rings. The number of H-pyrrole nitrogens is 1. The minimum Gasteiger partial charge on any atom is -0.465 e. The molecular formula is C24H40N4O6S. The number of esters is 1. The highest BCUT2D eigenvalue weighted by molar-refractivity contribution is 7.89. The number of carbonyl (C=O) groups excluding carboxylic acids is 1. The molecule has 1 aromatic heterocycles. The van der Waals surface area contributed by atoms with Crippen molar-refractivity contribution in [3.8, 4) is 0 Å². The van der Waals surface area contributed by atoms with Gasteiger partial charge in [-0.2, -0.15) is 0 Å². The zero-order valence-corrected chi connectivity index (χ0v) is 21.7. The first kappa shape index (κ1) is 29.2. The van der Waals surface area contributed by atoms with Gasteiger partial charge >= 0.3 is 5.97 Å². The fourth-order valence-electron chi connectivity index (χ4n) is 4.04. The molecule has 0 saturated carbocycles. The number of benzene rings is 1. The van der Waals surface area contributed by atoms with Crippen molar-refractivity contribution in [2.45, 2.75) is 83.0 Å². The fraction of sp³-hybridized carbons (Fsp3) is 0.667. The molecule has 11 heteroatoms. The van der Waals surface area contributed by atoms with Crippen molar-refractivity contribution < 1.29 is 28.2 Å². The normalized spacial score (nSPS) is 15.6. The van der Waals surface area contributed by atoms with Crippen molar-refractivity contribution in [3.05, 3.63) is 29.6 Å². The quantitative estimate of drug-likeness (QED) is 0.167. The van der Waals surface area contributed by atoms with Gasteiger partial charge in [-0.15, -0.1) is 0 Å². The second kappa shape index (κ2) is 13.3. The monoisotopic (exact) mass is 512 g/mol. The molecule has 0 amide bonds. The molecule has 0 spiro atoms. The first-order valence-electron chi connectivity index (χ1n) is 12.3. The van der Waals surface area contributed by atoms with Crippen LogP contribution in [-0.4, -0.2) is 71.7 Å². The summed E-state index contributed by atoms with van der Waals surface area (Å²) in [6, 6.07) is 5.94. The zero-order valence-electron chi connectivity index (χ0n) is 20.9. The molecule has 0 fully saturated rings. The molecule has 1 aromatic carbocycles. The summed E-state index contributed by atoms with van der Waals surface area (Å²) < 4.78 is 31.1. The number of imidazole rings is 1. The number of aliphatic hydroxyl groups excluding tert-OH is 2. The molecule has 0 aliphatic heterocycles. The topological polar surface area (TPSA) is 168 Å². The lowest BCUT2D eigenvalue weighted by atomic mass is 9.90. The molecule has 35 heavy (non-hydrogen) atoms. The third-order valence-corrected chi connectivity index (χ3v) is 7.58. The number of hydrogen-bond acceptors (Lipinski definition) is 8. The van der Waals surface area contributed by atoms with E-state index in [0.717, 1.165) is 18.4 Å². The van der Waals surface area contributed by atoms with Gasteiger partial charge in [0, 0.05) is 6.42 Å². The van der Waals surface area contributed by atoms with Gasteiger partial charge in [-0.25, -0.2) is 22.9 Å². The van der Waals surface area contributed by atoms with Crippen LogP contribution in [0, 0.1) is 0 Å². The number of unbranched alkanes of at least 4 members (excludes halogenated alkanes) is 5. The summed E-state index contributed by atoms with van der Waals surface area (Å²) in [4.78, 5) is 20.0. The molecule has 0 saturated heterocycles. The van der Waals surface area contributed by atoms with Crippen LogP contribution in [0.1, 0.15) is 63.8 Å². The molecule has 198 valence electrons. The lowest BCUT2D eigenvalue weighted by Gasteiger charge is -2.33. The number of carbonyl (C=O) groups is 1. The maximum absolute atomic E-state index is 12.5. The highest BCUT2D eigenvalue weighted by Crippen LogP contribution is 2.21. The van der Waals surface area contributed by atoms with Crippen molar-refractivity contribution in [2.24, 2.45) is 5.73 Å². The lowest BCUT2D eigenvalue weighted by molar-refractivity contribution is -0.156. The summed E-state index contributed by atoms with van der Waals surface area (Å²) in [5.41, 5.74) is 6.35. The van der Waals surface area contributed by atoms with Gasteiger partial charge in [0.15, 0.2) is 5.54 Å². The van der Waals surface area contributed by atoms with Crippen LogP contribution in [0.25, 0.3) is 11.0 Å². The molecule has 1 heterocycles. The van der Waals surface area contributed by atoms with Crippen LogP contribution in [0.4, 0.5) is 0 Å². The number of aromatic amines is 1. The zero-order chi connectivity index (χ0) is 26.1. The number of sulfonamides is 1. The van der Waals surface area contributed by atoms with Crippen LogP contribution in [0.15, 0.2) is 18.2 Å². The Labute approximate surface area is 207 Å². The Morgan fingerprint density at radius 2 is 1.89 bits per heavy atom. The molecule has 10 nitrogen and oxygen atoms in total. The average Bonchev–Trinajstić information content (AvgIpc) is 3.22. The Bertz CT molecular complexity index is 1060. The molecular weight excluding hydrogens is 472 g/mol. The largest absolute Gasteiger partial charge is 0.465 e. The number of fused-ring (bicyclic) bond motifs is 1.